The van der Waals surface area contributed by atoms with Crippen LogP contribution in [0.5, 0.6) is 5.75 Å². The summed E-state index contributed by atoms with van der Waals surface area (Å²) in [6.45, 7) is 3.45. The van der Waals surface area contributed by atoms with E-state index in [2.05, 4.69) is 0 Å². The highest BCUT2D eigenvalue weighted by Crippen LogP contribution is 2.42. The normalized spacial score (nSPS) is 21.6. The molecule has 4 rings (SSSR count). The van der Waals surface area contributed by atoms with Gasteiger partial charge in [0.05, 0.1) is 12.5 Å². The molecule has 0 radical (unpaired) electrons. The number of anilines is 1. The summed E-state index contributed by atoms with van der Waals surface area (Å²) in [5, 5.41) is 9.43. The number of nitrogens with zero attached hydrogens (tertiary/aromatic N) is 2. The molecule has 29 heavy (non-hydrogen) atoms. The monoisotopic (exact) mass is 400 g/mol. The van der Waals surface area contributed by atoms with Crippen molar-refractivity contribution >= 4 is 11.6 Å². The zero-order valence-corrected chi connectivity index (χ0v) is 16.6. The van der Waals surface area contributed by atoms with Gasteiger partial charge < -0.3 is 14.9 Å². The molecule has 2 fully saturated rings. The molecule has 0 bridgehead atoms. The van der Waals surface area contributed by atoms with E-state index in [1.54, 1.807) is 17.0 Å². The molecular formula is C23H26F2N2O2. The van der Waals surface area contributed by atoms with Crippen molar-refractivity contribution in [2.75, 3.05) is 24.5 Å². The molecule has 2 aromatic rings. The fourth-order valence-corrected chi connectivity index (χ4v) is 4.52. The minimum atomic E-state index is -2.87. The van der Waals surface area contributed by atoms with Crippen LogP contribution in [-0.2, 0) is 11.3 Å². The Balaban J connectivity index is 1.53. The second kappa shape index (κ2) is 7.65. The zero-order valence-electron chi connectivity index (χ0n) is 16.6. The highest BCUT2D eigenvalue weighted by molar-refractivity contribution is 5.78. The molecule has 2 aliphatic heterocycles. The lowest BCUT2D eigenvalue weighted by Gasteiger charge is -2.40. The Morgan fingerprint density at radius 1 is 1.14 bits per heavy atom. The van der Waals surface area contributed by atoms with E-state index in [0.717, 1.165) is 29.8 Å². The quantitative estimate of drug-likeness (QED) is 0.825. The summed E-state index contributed by atoms with van der Waals surface area (Å²) in [5.41, 5.74) is 3.36. The predicted octanol–water partition coefficient (Wildman–Crippen LogP) is 4.45. The van der Waals surface area contributed by atoms with Crippen molar-refractivity contribution in [3.05, 3.63) is 59.2 Å². The lowest BCUT2D eigenvalue weighted by molar-refractivity contribution is -0.128. The third kappa shape index (κ3) is 3.93. The number of piperidine rings is 1. The van der Waals surface area contributed by atoms with E-state index in [0.29, 0.717) is 31.5 Å². The summed E-state index contributed by atoms with van der Waals surface area (Å²) in [4.78, 5) is 15.6. The first-order valence-electron chi connectivity index (χ1n) is 10.1. The first kappa shape index (κ1) is 19.7. The smallest absolute Gasteiger partial charge is 0.272 e. The lowest BCUT2D eigenvalue weighted by Crippen LogP contribution is -2.47. The van der Waals surface area contributed by atoms with Crippen molar-refractivity contribution < 1.29 is 18.7 Å². The fourth-order valence-electron chi connectivity index (χ4n) is 4.52. The Morgan fingerprint density at radius 3 is 2.55 bits per heavy atom. The van der Waals surface area contributed by atoms with Crippen LogP contribution in [0.1, 0.15) is 41.9 Å². The molecular weight excluding hydrogens is 374 g/mol. The van der Waals surface area contributed by atoms with E-state index in [1.807, 2.05) is 30.0 Å². The van der Waals surface area contributed by atoms with Crippen LogP contribution in [0.2, 0.25) is 0 Å². The van der Waals surface area contributed by atoms with E-state index in [9.17, 15) is 9.90 Å². The summed E-state index contributed by atoms with van der Waals surface area (Å²) in [5.74, 6) is -3.48. The second-order valence-corrected chi connectivity index (χ2v) is 8.10. The number of amides is 1. The third-order valence-electron chi connectivity index (χ3n) is 6.19. The summed E-state index contributed by atoms with van der Waals surface area (Å²) < 4.78 is 30.1. The van der Waals surface area contributed by atoms with Crippen LogP contribution >= 0.6 is 0 Å². The second-order valence-electron chi connectivity index (χ2n) is 8.10. The number of hydrogen-bond donors (Lipinski definition) is 1. The van der Waals surface area contributed by atoms with Gasteiger partial charge in [-0.2, -0.15) is 0 Å². The summed E-state index contributed by atoms with van der Waals surface area (Å²) in [6.07, 6.45) is 1.82. The SMILES string of the molecule is Cc1c(CN2CCCC2=O)cccc1N1CCC(c2ccc(O)cc2)C(F)(F)C1. The van der Waals surface area contributed by atoms with Gasteiger partial charge in [-0.05, 0) is 54.7 Å². The van der Waals surface area contributed by atoms with E-state index < -0.39 is 11.8 Å². The van der Waals surface area contributed by atoms with Gasteiger partial charge in [0, 0.05) is 31.7 Å². The Morgan fingerprint density at radius 2 is 1.90 bits per heavy atom. The zero-order chi connectivity index (χ0) is 20.6. The Bertz CT molecular complexity index is 898. The first-order chi connectivity index (χ1) is 13.8. The molecule has 0 spiro atoms. The molecule has 0 aromatic heterocycles. The Labute approximate surface area is 169 Å². The van der Waals surface area contributed by atoms with Crippen LogP contribution in [0.25, 0.3) is 0 Å². The number of aromatic hydroxyl groups is 1. The third-order valence-corrected chi connectivity index (χ3v) is 6.19. The molecule has 1 unspecified atom stereocenters. The maximum absolute atomic E-state index is 15.0. The van der Waals surface area contributed by atoms with Gasteiger partial charge in [0.2, 0.25) is 5.91 Å². The predicted molar refractivity (Wildman–Crippen MR) is 108 cm³/mol. The van der Waals surface area contributed by atoms with Crippen LogP contribution in [0.4, 0.5) is 14.5 Å². The number of carbonyl (C=O) groups is 1. The molecule has 4 nitrogen and oxygen atoms in total. The van der Waals surface area contributed by atoms with Gasteiger partial charge in [-0.1, -0.05) is 24.3 Å². The molecule has 0 saturated carbocycles. The Kier molecular flexibility index (Phi) is 5.19. The van der Waals surface area contributed by atoms with E-state index in [-0.39, 0.29) is 18.2 Å². The molecule has 1 N–H and O–H groups in total. The standard InChI is InChI=1S/C23H26F2N2O2/c1-16-18(14-26-12-3-6-22(26)29)4-2-5-21(16)27-13-11-20(23(24,25)15-27)17-7-9-19(28)10-8-17/h2,4-5,7-10,20,28H,3,6,11-15H2,1H3. The van der Waals surface area contributed by atoms with Gasteiger partial charge in [0.25, 0.3) is 5.92 Å². The van der Waals surface area contributed by atoms with Gasteiger partial charge in [-0.3, -0.25) is 4.79 Å². The average molecular weight is 400 g/mol. The van der Waals surface area contributed by atoms with Crippen LogP contribution < -0.4 is 4.90 Å². The van der Waals surface area contributed by atoms with Crippen LogP contribution in [0.3, 0.4) is 0 Å². The minimum Gasteiger partial charge on any atom is -0.508 e. The molecule has 2 heterocycles. The molecule has 2 aromatic carbocycles. The number of rotatable bonds is 4. The molecule has 1 atom stereocenters. The van der Waals surface area contributed by atoms with Gasteiger partial charge in [0.1, 0.15) is 5.75 Å². The number of halogens is 2. The lowest BCUT2D eigenvalue weighted by atomic mass is 9.85. The topological polar surface area (TPSA) is 43.8 Å². The van der Waals surface area contributed by atoms with Gasteiger partial charge in [-0.25, -0.2) is 8.78 Å². The van der Waals surface area contributed by atoms with Gasteiger partial charge in [0.15, 0.2) is 0 Å². The largest absolute Gasteiger partial charge is 0.508 e. The number of phenols is 1. The van der Waals surface area contributed by atoms with Crippen molar-refractivity contribution in [2.24, 2.45) is 0 Å². The minimum absolute atomic E-state index is 0.0819. The average Bonchev–Trinajstić information content (AvgIpc) is 3.08. The number of hydrogen-bond acceptors (Lipinski definition) is 3. The van der Waals surface area contributed by atoms with Gasteiger partial charge in [-0.15, -0.1) is 0 Å². The summed E-state index contributed by atoms with van der Waals surface area (Å²) >= 11 is 0. The number of carbonyl (C=O) groups excluding carboxylic acids is 1. The van der Waals surface area contributed by atoms with E-state index in [1.165, 1.54) is 12.1 Å². The molecule has 154 valence electrons. The van der Waals surface area contributed by atoms with E-state index >= 15 is 8.78 Å². The summed E-state index contributed by atoms with van der Waals surface area (Å²) in [6, 6.07) is 11.9. The molecule has 1 amide bonds. The maximum atomic E-state index is 15.0. The van der Waals surface area contributed by atoms with Crippen LogP contribution in [0, 0.1) is 6.92 Å². The van der Waals surface area contributed by atoms with Crippen molar-refractivity contribution in [3.8, 4) is 5.75 Å². The molecule has 2 saturated heterocycles. The summed E-state index contributed by atoms with van der Waals surface area (Å²) in [7, 11) is 0. The number of alkyl halides is 2. The van der Waals surface area contributed by atoms with Crippen molar-refractivity contribution in [1.29, 1.82) is 0 Å². The molecule has 0 aliphatic carbocycles. The van der Waals surface area contributed by atoms with Crippen LogP contribution in [-0.4, -0.2) is 41.5 Å². The van der Waals surface area contributed by atoms with Crippen molar-refractivity contribution in [1.82, 2.24) is 4.90 Å². The number of benzene rings is 2. The maximum Gasteiger partial charge on any atom is 0.272 e. The molecule has 2 aliphatic rings. The number of phenolic OH excluding ortho intramolecular Hbond substituents is 1. The number of likely N-dealkylation sites (tertiary alicyclic amines) is 1. The first-order valence-corrected chi connectivity index (χ1v) is 10.1. The fraction of sp³-hybridized carbons (Fsp3) is 0.435. The highest BCUT2D eigenvalue weighted by Gasteiger charge is 2.45. The highest BCUT2D eigenvalue weighted by atomic mass is 19.3. The Hall–Kier alpha value is -2.63. The van der Waals surface area contributed by atoms with E-state index in [4.69, 9.17) is 0 Å². The van der Waals surface area contributed by atoms with Crippen molar-refractivity contribution in [2.45, 2.75) is 44.6 Å². The molecule has 6 heteroatoms. The van der Waals surface area contributed by atoms with Crippen molar-refractivity contribution in [3.63, 3.8) is 0 Å². The van der Waals surface area contributed by atoms with Crippen LogP contribution in [0.15, 0.2) is 42.5 Å². The van der Waals surface area contributed by atoms with Gasteiger partial charge >= 0.3 is 0 Å².